The van der Waals surface area contributed by atoms with Gasteiger partial charge in [0.15, 0.2) is 11.5 Å². The van der Waals surface area contributed by atoms with E-state index in [2.05, 4.69) is 26.9 Å². The van der Waals surface area contributed by atoms with E-state index < -0.39 is 0 Å². The summed E-state index contributed by atoms with van der Waals surface area (Å²) in [5, 5.41) is 15.0. The molecule has 0 aromatic carbocycles. The van der Waals surface area contributed by atoms with Crippen LogP contribution in [0.25, 0.3) is 22.6 Å². The van der Waals surface area contributed by atoms with Gasteiger partial charge in [-0.05, 0) is 32.5 Å². The van der Waals surface area contributed by atoms with Gasteiger partial charge in [-0.3, -0.25) is 14.6 Å². The normalized spacial score (nSPS) is 18.4. The minimum atomic E-state index is 0.188. The molecule has 8 heteroatoms. The van der Waals surface area contributed by atoms with Crippen molar-refractivity contribution in [1.29, 1.82) is 0 Å². The number of aromatic nitrogens is 5. The number of hydrogen-bond donors (Lipinski definition) is 1. The van der Waals surface area contributed by atoms with Gasteiger partial charge >= 0.3 is 0 Å². The predicted molar refractivity (Wildman–Crippen MR) is 105 cm³/mol. The van der Waals surface area contributed by atoms with E-state index in [1.165, 1.54) is 0 Å². The Morgan fingerprint density at radius 2 is 2.04 bits per heavy atom. The monoisotopic (exact) mass is 367 g/mol. The second-order valence-corrected chi connectivity index (χ2v) is 7.09. The highest BCUT2D eigenvalue weighted by molar-refractivity contribution is 5.91. The van der Waals surface area contributed by atoms with Crippen molar-refractivity contribution in [3.8, 4) is 11.5 Å². The number of pyridine rings is 1. The van der Waals surface area contributed by atoms with Crippen molar-refractivity contribution in [1.82, 2.24) is 29.6 Å². The summed E-state index contributed by atoms with van der Waals surface area (Å²) in [7, 11) is 4.02. The van der Waals surface area contributed by atoms with Crippen LogP contribution >= 0.6 is 0 Å². The fraction of sp³-hybridized carbons (Fsp3) is 0.474. The lowest BCUT2D eigenvalue weighted by Crippen LogP contribution is -2.52. The first-order valence-corrected chi connectivity index (χ1v) is 9.27. The predicted octanol–water partition coefficient (Wildman–Crippen LogP) is 1.24. The summed E-state index contributed by atoms with van der Waals surface area (Å²) in [6.07, 6.45) is 2.50. The first-order valence-electron chi connectivity index (χ1n) is 9.27. The van der Waals surface area contributed by atoms with Crippen molar-refractivity contribution in [3.63, 3.8) is 0 Å². The third-order valence-electron chi connectivity index (χ3n) is 5.27. The summed E-state index contributed by atoms with van der Waals surface area (Å²) in [6, 6.07) is 6.05. The summed E-state index contributed by atoms with van der Waals surface area (Å²) in [5.74, 6) is 1.51. The van der Waals surface area contributed by atoms with Gasteiger partial charge in [0.1, 0.15) is 11.5 Å². The molecule has 3 aromatic rings. The van der Waals surface area contributed by atoms with Gasteiger partial charge in [-0.15, -0.1) is 0 Å². The molecular formula is C19H25N7O. The molecule has 1 N–H and O–H groups in total. The Bertz CT molecular complexity index is 940. The lowest BCUT2D eigenvalue weighted by molar-refractivity contribution is 0.170. The number of fused-ring (bicyclic) bond motifs is 1. The Hall–Kier alpha value is -2.58. The van der Waals surface area contributed by atoms with Crippen molar-refractivity contribution in [2.75, 3.05) is 38.2 Å². The Morgan fingerprint density at radius 3 is 2.78 bits per heavy atom. The Morgan fingerprint density at radius 1 is 1.19 bits per heavy atom. The number of rotatable bonds is 4. The third-order valence-corrected chi connectivity index (χ3v) is 5.27. The molecule has 4 rings (SSSR count). The van der Waals surface area contributed by atoms with Crippen LogP contribution in [0.2, 0.25) is 0 Å². The molecule has 0 unspecified atom stereocenters. The number of aliphatic hydroxyl groups is 1. The minimum Gasteiger partial charge on any atom is -0.396 e. The number of hydrogen-bond acceptors (Lipinski definition) is 7. The van der Waals surface area contributed by atoms with Crippen LogP contribution in [0.4, 0.5) is 5.82 Å². The quantitative estimate of drug-likeness (QED) is 0.743. The fourth-order valence-electron chi connectivity index (χ4n) is 3.76. The van der Waals surface area contributed by atoms with Crippen LogP contribution < -0.4 is 4.90 Å². The van der Waals surface area contributed by atoms with Crippen molar-refractivity contribution in [2.24, 2.45) is 7.05 Å². The van der Waals surface area contributed by atoms with Crippen LogP contribution in [-0.2, 0) is 7.05 Å². The molecule has 1 aliphatic heterocycles. The molecule has 1 atom stereocenters. The summed E-state index contributed by atoms with van der Waals surface area (Å²) in [5.41, 5.74) is 2.49. The molecule has 4 heterocycles. The number of piperazine rings is 1. The zero-order valence-corrected chi connectivity index (χ0v) is 16.0. The lowest BCUT2D eigenvalue weighted by atomic mass is 10.1. The van der Waals surface area contributed by atoms with Crippen molar-refractivity contribution in [3.05, 3.63) is 30.1 Å². The third kappa shape index (κ3) is 3.26. The second kappa shape index (κ2) is 7.21. The van der Waals surface area contributed by atoms with Crippen molar-refractivity contribution < 1.29 is 5.11 Å². The highest BCUT2D eigenvalue weighted by atomic mass is 16.3. The molecule has 1 fully saturated rings. The Labute approximate surface area is 158 Å². The van der Waals surface area contributed by atoms with Crippen LogP contribution in [0.5, 0.6) is 0 Å². The van der Waals surface area contributed by atoms with Gasteiger partial charge in [0.25, 0.3) is 0 Å². The molecule has 142 valence electrons. The minimum absolute atomic E-state index is 0.188. The second-order valence-electron chi connectivity index (χ2n) is 7.09. The first kappa shape index (κ1) is 17.8. The largest absolute Gasteiger partial charge is 0.396 e. The van der Waals surface area contributed by atoms with E-state index in [9.17, 15) is 5.11 Å². The van der Waals surface area contributed by atoms with Crippen LogP contribution in [0.3, 0.4) is 0 Å². The molecule has 1 saturated heterocycles. The van der Waals surface area contributed by atoms with Crippen LogP contribution in [0.1, 0.15) is 12.1 Å². The number of aryl methyl sites for hydroxylation is 2. The average molecular weight is 367 g/mol. The first-order chi connectivity index (χ1) is 13.1. The molecule has 3 aromatic heterocycles. The Balaban J connectivity index is 1.83. The van der Waals surface area contributed by atoms with Crippen LogP contribution in [0.15, 0.2) is 24.4 Å². The van der Waals surface area contributed by atoms with Crippen LogP contribution in [-0.4, -0.2) is 74.1 Å². The van der Waals surface area contributed by atoms with E-state index in [0.29, 0.717) is 11.9 Å². The maximum Gasteiger partial charge on any atom is 0.182 e. The van der Waals surface area contributed by atoms with E-state index in [1.54, 1.807) is 6.20 Å². The summed E-state index contributed by atoms with van der Waals surface area (Å²) in [4.78, 5) is 18.7. The summed E-state index contributed by atoms with van der Waals surface area (Å²) >= 11 is 0. The lowest BCUT2D eigenvalue weighted by Gasteiger charge is -2.40. The van der Waals surface area contributed by atoms with Gasteiger partial charge in [-0.25, -0.2) is 9.97 Å². The highest BCUT2D eigenvalue weighted by Crippen LogP contribution is 2.30. The molecule has 0 spiro atoms. The zero-order chi connectivity index (χ0) is 19.0. The molecule has 0 aliphatic carbocycles. The smallest absolute Gasteiger partial charge is 0.182 e. The molecule has 1 aliphatic rings. The van der Waals surface area contributed by atoms with Crippen molar-refractivity contribution >= 4 is 16.9 Å². The number of anilines is 1. The topological polar surface area (TPSA) is 83.2 Å². The fourth-order valence-corrected chi connectivity index (χ4v) is 3.76. The number of nitrogens with zero attached hydrogens (tertiary/aromatic N) is 7. The van der Waals surface area contributed by atoms with Crippen LogP contribution in [0, 0.1) is 6.92 Å². The van der Waals surface area contributed by atoms with Gasteiger partial charge in [-0.2, -0.15) is 5.10 Å². The number of aliphatic hydroxyl groups excluding tert-OH is 1. The van der Waals surface area contributed by atoms with E-state index in [-0.39, 0.29) is 6.61 Å². The maximum atomic E-state index is 9.41. The Kier molecular flexibility index (Phi) is 4.75. The van der Waals surface area contributed by atoms with E-state index in [1.807, 2.05) is 36.9 Å². The molecule has 0 saturated carbocycles. The van der Waals surface area contributed by atoms with E-state index >= 15 is 0 Å². The van der Waals surface area contributed by atoms with E-state index in [0.717, 1.165) is 54.3 Å². The van der Waals surface area contributed by atoms with E-state index in [4.69, 9.17) is 9.97 Å². The van der Waals surface area contributed by atoms with Gasteiger partial charge in [-0.1, -0.05) is 6.07 Å². The van der Waals surface area contributed by atoms with Gasteiger partial charge in [0.05, 0.1) is 11.1 Å². The molecule has 0 amide bonds. The SMILES string of the molecule is Cc1nn(C)c2nc(-c3ccccn3)nc(N3CCN(C)[C@H](CCO)C3)c12. The molecule has 0 bridgehead atoms. The average Bonchev–Trinajstić information content (AvgIpc) is 2.98. The molecule has 8 nitrogen and oxygen atoms in total. The number of likely N-dealkylation sites (N-methyl/N-ethyl adjacent to an activating group) is 1. The molecule has 27 heavy (non-hydrogen) atoms. The maximum absolute atomic E-state index is 9.41. The summed E-state index contributed by atoms with van der Waals surface area (Å²) in [6.45, 7) is 4.80. The van der Waals surface area contributed by atoms with Gasteiger partial charge in [0, 0.05) is 45.5 Å². The van der Waals surface area contributed by atoms with Crippen molar-refractivity contribution in [2.45, 2.75) is 19.4 Å². The van der Waals surface area contributed by atoms with Gasteiger partial charge in [0.2, 0.25) is 0 Å². The van der Waals surface area contributed by atoms with Gasteiger partial charge < -0.3 is 10.0 Å². The zero-order valence-electron chi connectivity index (χ0n) is 16.0. The molecule has 0 radical (unpaired) electrons. The summed E-state index contributed by atoms with van der Waals surface area (Å²) < 4.78 is 1.81. The standard InChI is InChI=1S/C19H25N7O/c1-13-16-18(25(3)23-13)21-17(15-6-4-5-8-20-15)22-19(16)26-10-9-24(2)14(12-26)7-11-27/h4-6,8,14,27H,7,9-12H2,1-3H3/t14-/m1/s1. The highest BCUT2D eigenvalue weighted by Gasteiger charge is 2.28. The molecular weight excluding hydrogens is 342 g/mol.